The molecule has 0 aromatic heterocycles. The Morgan fingerprint density at radius 3 is 2.43 bits per heavy atom. The molecule has 1 unspecified atom stereocenters. The van der Waals surface area contributed by atoms with Crippen LogP contribution in [0.4, 0.5) is 4.39 Å². The lowest BCUT2D eigenvalue weighted by atomic mass is 9.90. The highest BCUT2D eigenvalue weighted by atomic mass is 35.5. The SMILES string of the molecule is CCC(C)[C@H](c1ccc(Cl)c(F)c1)N1CCNCC1.Cl.Cl. The van der Waals surface area contributed by atoms with Crippen LogP contribution in [-0.2, 0) is 0 Å². The molecule has 0 radical (unpaired) electrons. The first kappa shape index (κ1) is 20.9. The van der Waals surface area contributed by atoms with Gasteiger partial charge in [0, 0.05) is 32.2 Å². The molecule has 1 heterocycles. The molecule has 0 bridgehead atoms. The summed E-state index contributed by atoms with van der Waals surface area (Å²) in [5.41, 5.74) is 1.04. The molecule has 1 aromatic carbocycles. The van der Waals surface area contributed by atoms with Gasteiger partial charge in [0.2, 0.25) is 0 Å². The molecule has 1 aromatic rings. The van der Waals surface area contributed by atoms with E-state index in [0.717, 1.165) is 38.2 Å². The van der Waals surface area contributed by atoms with Crippen LogP contribution < -0.4 is 5.32 Å². The second-order valence-electron chi connectivity index (χ2n) is 5.29. The summed E-state index contributed by atoms with van der Waals surface area (Å²) in [6.07, 6.45) is 1.08. The third kappa shape index (κ3) is 5.26. The smallest absolute Gasteiger partial charge is 0.142 e. The Hall–Kier alpha value is -0.0600. The summed E-state index contributed by atoms with van der Waals surface area (Å²) in [5.74, 6) is 0.182. The summed E-state index contributed by atoms with van der Waals surface area (Å²) in [7, 11) is 0. The molecule has 1 fully saturated rings. The molecule has 21 heavy (non-hydrogen) atoms. The second kappa shape index (κ2) is 9.86. The maximum atomic E-state index is 13.7. The Morgan fingerprint density at radius 2 is 1.90 bits per heavy atom. The van der Waals surface area contributed by atoms with Crippen molar-refractivity contribution in [2.75, 3.05) is 26.2 Å². The van der Waals surface area contributed by atoms with Crippen LogP contribution >= 0.6 is 36.4 Å². The molecule has 0 spiro atoms. The summed E-state index contributed by atoms with van der Waals surface area (Å²) in [5, 5.41) is 3.56. The average Bonchev–Trinajstić information content (AvgIpc) is 2.44. The Bertz CT molecular complexity index is 425. The van der Waals surface area contributed by atoms with E-state index in [1.807, 2.05) is 6.07 Å². The number of hydrogen-bond acceptors (Lipinski definition) is 2. The van der Waals surface area contributed by atoms with Gasteiger partial charge in [0.25, 0.3) is 0 Å². The van der Waals surface area contributed by atoms with Gasteiger partial charge < -0.3 is 5.32 Å². The zero-order valence-corrected chi connectivity index (χ0v) is 14.8. The van der Waals surface area contributed by atoms with Crippen molar-refractivity contribution in [2.24, 2.45) is 5.92 Å². The van der Waals surface area contributed by atoms with E-state index in [0.29, 0.717) is 5.92 Å². The van der Waals surface area contributed by atoms with Crippen molar-refractivity contribution in [1.29, 1.82) is 0 Å². The molecular weight excluding hydrogens is 334 g/mol. The number of halogens is 4. The Labute approximate surface area is 144 Å². The van der Waals surface area contributed by atoms with E-state index in [1.165, 1.54) is 0 Å². The van der Waals surface area contributed by atoms with Crippen molar-refractivity contribution in [3.8, 4) is 0 Å². The summed E-state index contributed by atoms with van der Waals surface area (Å²) < 4.78 is 13.7. The summed E-state index contributed by atoms with van der Waals surface area (Å²) >= 11 is 5.79. The maximum Gasteiger partial charge on any atom is 0.142 e. The van der Waals surface area contributed by atoms with Gasteiger partial charge >= 0.3 is 0 Å². The first-order chi connectivity index (χ1) is 9.13. The number of piperazine rings is 1. The van der Waals surface area contributed by atoms with E-state index in [-0.39, 0.29) is 41.7 Å². The lowest BCUT2D eigenvalue weighted by Crippen LogP contribution is -2.46. The highest BCUT2D eigenvalue weighted by Gasteiger charge is 2.26. The van der Waals surface area contributed by atoms with Crippen LogP contribution in [0.1, 0.15) is 31.9 Å². The summed E-state index contributed by atoms with van der Waals surface area (Å²) in [6.45, 7) is 8.45. The van der Waals surface area contributed by atoms with Crippen LogP contribution in [0.2, 0.25) is 5.02 Å². The van der Waals surface area contributed by atoms with Crippen LogP contribution in [0.25, 0.3) is 0 Å². The highest BCUT2D eigenvalue weighted by molar-refractivity contribution is 6.30. The monoisotopic (exact) mass is 356 g/mol. The lowest BCUT2D eigenvalue weighted by Gasteiger charge is -2.38. The standard InChI is InChI=1S/C15H22ClFN2.2ClH/c1-3-11(2)15(19-8-6-18-7-9-19)12-4-5-13(16)14(17)10-12;;/h4-5,10-11,15,18H,3,6-9H2,1-2H3;2*1H/t11?,15-;;/m1../s1. The summed E-state index contributed by atoms with van der Waals surface area (Å²) in [4.78, 5) is 2.45. The van der Waals surface area contributed by atoms with E-state index in [2.05, 4.69) is 24.1 Å². The second-order valence-corrected chi connectivity index (χ2v) is 5.70. The number of nitrogens with zero attached hydrogens (tertiary/aromatic N) is 1. The molecule has 1 aliphatic heterocycles. The molecule has 0 aliphatic carbocycles. The van der Waals surface area contributed by atoms with Gasteiger partial charge in [-0.25, -0.2) is 4.39 Å². The van der Waals surface area contributed by atoms with Crippen LogP contribution in [0.15, 0.2) is 18.2 Å². The molecule has 1 N–H and O–H groups in total. The zero-order chi connectivity index (χ0) is 13.8. The number of hydrogen-bond donors (Lipinski definition) is 1. The zero-order valence-electron chi connectivity index (χ0n) is 12.4. The molecule has 2 atom stereocenters. The molecule has 1 aliphatic rings. The minimum atomic E-state index is -0.317. The quantitative estimate of drug-likeness (QED) is 0.863. The van der Waals surface area contributed by atoms with Gasteiger partial charge in [-0.05, 0) is 23.6 Å². The van der Waals surface area contributed by atoms with Crippen molar-refractivity contribution in [3.05, 3.63) is 34.6 Å². The number of nitrogens with one attached hydrogen (secondary N) is 1. The molecule has 0 saturated carbocycles. The van der Waals surface area contributed by atoms with Gasteiger partial charge in [-0.3, -0.25) is 4.90 Å². The number of benzene rings is 1. The molecule has 0 amide bonds. The van der Waals surface area contributed by atoms with Crippen LogP contribution in [0, 0.1) is 11.7 Å². The van der Waals surface area contributed by atoms with Gasteiger partial charge in [0.1, 0.15) is 5.82 Å². The predicted molar refractivity (Wildman–Crippen MR) is 92.5 cm³/mol. The van der Waals surface area contributed by atoms with Crippen molar-refractivity contribution in [1.82, 2.24) is 10.2 Å². The minimum Gasteiger partial charge on any atom is -0.314 e. The van der Waals surface area contributed by atoms with E-state index in [9.17, 15) is 4.39 Å². The predicted octanol–water partition coefficient (Wildman–Crippen LogP) is 4.32. The van der Waals surface area contributed by atoms with Crippen molar-refractivity contribution < 1.29 is 4.39 Å². The van der Waals surface area contributed by atoms with Gasteiger partial charge in [-0.15, -0.1) is 24.8 Å². The van der Waals surface area contributed by atoms with Crippen LogP contribution in [0.5, 0.6) is 0 Å². The van der Waals surface area contributed by atoms with Gasteiger partial charge in [-0.1, -0.05) is 37.9 Å². The van der Waals surface area contributed by atoms with E-state index < -0.39 is 0 Å². The number of rotatable bonds is 4. The molecule has 2 nitrogen and oxygen atoms in total. The fourth-order valence-electron chi connectivity index (χ4n) is 2.78. The minimum absolute atomic E-state index is 0. The Kier molecular flexibility index (Phi) is 9.83. The average molecular weight is 358 g/mol. The fraction of sp³-hybridized carbons (Fsp3) is 0.600. The van der Waals surface area contributed by atoms with Crippen LogP contribution in [0.3, 0.4) is 0 Å². The van der Waals surface area contributed by atoms with E-state index >= 15 is 0 Å². The Morgan fingerprint density at radius 1 is 1.29 bits per heavy atom. The third-order valence-electron chi connectivity index (χ3n) is 4.01. The molecule has 1 saturated heterocycles. The first-order valence-electron chi connectivity index (χ1n) is 7.03. The van der Waals surface area contributed by atoms with Gasteiger partial charge in [0.05, 0.1) is 5.02 Å². The largest absolute Gasteiger partial charge is 0.314 e. The van der Waals surface area contributed by atoms with Crippen LogP contribution in [-0.4, -0.2) is 31.1 Å². The van der Waals surface area contributed by atoms with Gasteiger partial charge in [0.15, 0.2) is 0 Å². The summed E-state index contributed by atoms with van der Waals surface area (Å²) in [6, 6.07) is 5.51. The van der Waals surface area contributed by atoms with Gasteiger partial charge in [-0.2, -0.15) is 0 Å². The van der Waals surface area contributed by atoms with E-state index in [1.54, 1.807) is 12.1 Å². The third-order valence-corrected chi connectivity index (χ3v) is 4.32. The lowest BCUT2D eigenvalue weighted by molar-refractivity contribution is 0.128. The fourth-order valence-corrected chi connectivity index (χ4v) is 2.90. The van der Waals surface area contributed by atoms with Crippen molar-refractivity contribution >= 4 is 36.4 Å². The Balaban J connectivity index is 0.00000200. The topological polar surface area (TPSA) is 15.3 Å². The van der Waals surface area contributed by atoms with Crippen molar-refractivity contribution in [3.63, 3.8) is 0 Å². The highest BCUT2D eigenvalue weighted by Crippen LogP contribution is 2.32. The molecular formula is C15H24Cl3FN2. The molecule has 122 valence electrons. The van der Waals surface area contributed by atoms with Crippen molar-refractivity contribution in [2.45, 2.75) is 26.3 Å². The normalized spacial score (nSPS) is 18.3. The molecule has 2 rings (SSSR count). The molecule has 6 heteroatoms. The first-order valence-corrected chi connectivity index (χ1v) is 7.41. The van der Waals surface area contributed by atoms with E-state index in [4.69, 9.17) is 11.6 Å². The maximum absolute atomic E-state index is 13.7.